The van der Waals surface area contributed by atoms with E-state index < -0.39 is 0 Å². The summed E-state index contributed by atoms with van der Waals surface area (Å²) >= 11 is 5.86. The smallest absolute Gasteiger partial charge is 0.226 e. The van der Waals surface area contributed by atoms with Crippen molar-refractivity contribution in [2.24, 2.45) is 23.2 Å². The average molecular weight is 375 g/mol. The van der Waals surface area contributed by atoms with Crippen LogP contribution in [0.15, 0.2) is 24.3 Å². The third kappa shape index (κ3) is 3.75. The van der Waals surface area contributed by atoms with Gasteiger partial charge in [0.2, 0.25) is 11.8 Å². The van der Waals surface area contributed by atoms with Gasteiger partial charge in [0.25, 0.3) is 0 Å². The number of carbonyl (C=O) groups excluding carboxylic acids is 2. The van der Waals surface area contributed by atoms with Crippen LogP contribution in [0.3, 0.4) is 0 Å². The molecule has 4 aliphatic carbocycles. The summed E-state index contributed by atoms with van der Waals surface area (Å²) in [5, 5.41) is 6.64. The molecule has 4 saturated carbocycles. The first-order valence-electron chi connectivity index (χ1n) is 9.82. The Morgan fingerprint density at radius 1 is 0.962 bits per heavy atom. The van der Waals surface area contributed by atoms with Gasteiger partial charge in [-0.2, -0.15) is 0 Å². The molecule has 4 bridgehead atoms. The van der Waals surface area contributed by atoms with Crippen LogP contribution in [0.5, 0.6) is 0 Å². The van der Waals surface area contributed by atoms with Crippen molar-refractivity contribution in [3.8, 4) is 0 Å². The minimum Gasteiger partial charge on any atom is -0.355 e. The van der Waals surface area contributed by atoms with Crippen molar-refractivity contribution in [2.75, 3.05) is 6.54 Å². The molecule has 0 radical (unpaired) electrons. The highest BCUT2D eigenvalue weighted by molar-refractivity contribution is 6.30. The fourth-order valence-electron chi connectivity index (χ4n) is 5.76. The van der Waals surface area contributed by atoms with Gasteiger partial charge in [-0.05, 0) is 74.0 Å². The summed E-state index contributed by atoms with van der Waals surface area (Å²) < 4.78 is 0. The van der Waals surface area contributed by atoms with Gasteiger partial charge in [0, 0.05) is 29.9 Å². The molecule has 4 fully saturated rings. The molecule has 0 atom stereocenters. The Bertz CT molecular complexity index is 650. The molecule has 2 N–H and O–H groups in total. The summed E-state index contributed by atoms with van der Waals surface area (Å²) in [7, 11) is 0. The van der Waals surface area contributed by atoms with E-state index >= 15 is 0 Å². The number of carbonyl (C=O) groups is 2. The molecule has 4 nitrogen and oxygen atoms in total. The molecule has 0 saturated heterocycles. The molecule has 5 heteroatoms. The maximum Gasteiger partial charge on any atom is 0.226 e. The quantitative estimate of drug-likeness (QED) is 0.798. The third-order valence-electron chi connectivity index (χ3n) is 6.56. The van der Waals surface area contributed by atoms with E-state index in [1.165, 1.54) is 19.3 Å². The van der Waals surface area contributed by atoms with Gasteiger partial charge in [-0.15, -0.1) is 0 Å². The summed E-state index contributed by atoms with van der Waals surface area (Å²) in [5.41, 5.74) is 0.884. The van der Waals surface area contributed by atoms with Crippen LogP contribution in [-0.2, 0) is 16.1 Å². The average Bonchev–Trinajstić information content (AvgIpc) is 2.60. The molecular weight excluding hydrogens is 348 g/mol. The highest BCUT2D eigenvalue weighted by Crippen LogP contribution is 2.60. The molecule has 1 aromatic rings. The first kappa shape index (κ1) is 17.8. The van der Waals surface area contributed by atoms with Gasteiger partial charge >= 0.3 is 0 Å². The Kier molecular flexibility index (Phi) is 4.96. The Morgan fingerprint density at radius 3 is 2.12 bits per heavy atom. The van der Waals surface area contributed by atoms with Gasteiger partial charge in [-0.1, -0.05) is 23.7 Å². The lowest BCUT2D eigenvalue weighted by Gasteiger charge is -2.55. The van der Waals surface area contributed by atoms with Crippen LogP contribution in [0.4, 0.5) is 0 Å². The SMILES string of the molecule is O=C(CCNC(=O)C12CC3CC(CC(C3)C1)C2)NCc1ccc(Cl)cc1. The zero-order valence-electron chi connectivity index (χ0n) is 15.1. The Morgan fingerprint density at radius 2 is 1.54 bits per heavy atom. The molecular formula is C21H27ClN2O2. The van der Waals surface area contributed by atoms with Crippen LogP contribution in [0, 0.1) is 23.2 Å². The molecule has 0 spiro atoms. The molecule has 0 aliphatic heterocycles. The van der Waals surface area contributed by atoms with Gasteiger partial charge in [0.15, 0.2) is 0 Å². The van der Waals surface area contributed by atoms with Crippen LogP contribution in [0.2, 0.25) is 5.02 Å². The highest BCUT2D eigenvalue weighted by atomic mass is 35.5. The molecule has 2 amide bonds. The fourth-order valence-corrected chi connectivity index (χ4v) is 5.88. The summed E-state index contributed by atoms with van der Waals surface area (Å²) in [6.07, 6.45) is 7.51. The van der Waals surface area contributed by atoms with E-state index in [2.05, 4.69) is 10.6 Å². The minimum atomic E-state index is -0.130. The standard InChI is InChI=1S/C21H27ClN2O2/c22-18-3-1-14(2-4-18)13-24-19(25)5-6-23-20(26)21-10-15-7-16(11-21)9-17(8-15)12-21/h1-4,15-17H,5-13H2,(H,23,26)(H,24,25). The number of halogens is 1. The largest absolute Gasteiger partial charge is 0.355 e. The van der Waals surface area contributed by atoms with Crippen molar-refractivity contribution in [3.63, 3.8) is 0 Å². The monoisotopic (exact) mass is 374 g/mol. The van der Waals surface area contributed by atoms with Crippen molar-refractivity contribution in [1.82, 2.24) is 10.6 Å². The van der Waals surface area contributed by atoms with Gasteiger partial charge in [0.1, 0.15) is 0 Å². The summed E-state index contributed by atoms with van der Waals surface area (Å²) in [6, 6.07) is 7.43. The van der Waals surface area contributed by atoms with Crippen LogP contribution >= 0.6 is 11.6 Å². The van der Waals surface area contributed by atoms with E-state index in [1.807, 2.05) is 24.3 Å². The molecule has 140 valence electrons. The van der Waals surface area contributed by atoms with E-state index in [1.54, 1.807) is 0 Å². The van der Waals surface area contributed by atoms with Crippen molar-refractivity contribution in [3.05, 3.63) is 34.9 Å². The summed E-state index contributed by atoms with van der Waals surface area (Å²) in [6.45, 7) is 0.909. The number of hydrogen-bond acceptors (Lipinski definition) is 2. The Balaban J connectivity index is 1.21. The number of rotatable bonds is 6. The zero-order chi connectivity index (χ0) is 18.1. The van der Waals surface area contributed by atoms with E-state index in [0.29, 0.717) is 24.5 Å². The normalized spacial score (nSPS) is 31.7. The Hall–Kier alpha value is -1.55. The first-order valence-corrected chi connectivity index (χ1v) is 10.2. The van der Waals surface area contributed by atoms with Gasteiger partial charge < -0.3 is 10.6 Å². The minimum absolute atomic E-state index is 0.0363. The van der Waals surface area contributed by atoms with Crippen LogP contribution in [0.25, 0.3) is 0 Å². The maximum absolute atomic E-state index is 12.8. The molecule has 26 heavy (non-hydrogen) atoms. The zero-order valence-corrected chi connectivity index (χ0v) is 15.9. The molecule has 5 rings (SSSR count). The van der Waals surface area contributed by atoms with E-state index in [9.17, 15) is 9.59 Å². The van der Waals surface area contributed by atoms with Crippen LogP contribution < -0.4 is 10.6 Å². The summed E-state index contributed by atoms with van der Waals surface area (Å²) in [4.78, 5) is 24.9. The predicted octanol–water partition coefficient (Wildman–Crippen LogP) is 3.68. The molecule has 0 aromatic heterocycles. The van der Waals surface area contributed by atoms with Crippen LogP contribution in [-0.4, -0.2) is 18.4 Å². The lowest BCUT2D eigenvalue weighted by Crippen LogP contribution is -2.53. The maximum atomic E-state index is 12.8. The summed E-state index contributed by atoms with van der Waals surface area (Å²) in [5.74, 6) is 2.44. The molecule has 0 unspecified atom stereocenters. The van der Waals surface area contributed by atoms with Gasteiger partial charge in [-0.3, -0.25) is 9.59 Å². The van der Waals surface area contributed by atoms with Crippen LogP contribution in [0.1, 0.15) is 50.5 Å². The van der Waals surface area contributed by atoms with E-state index in [0.717, 1.165) is 42.6 Å². The van der Waals surface area contributed by atoms with E-state index in [4.69, 9.17) is 11.6 Å². The lowest BCUT2D eigenvalue weighted by atomic mass is 9.49. The Labute approximate surface area is 160 Å². The molecule has 1 aromatic carbocycles. The van der Waals surface area contributed by atoms with Crippen molar-refractivity contribution in [1.29, 1.82) is 0 Å². The second-order valence-electron chi connectivity index (χ2n) is 8.61. The van der Waals surface area contributed by atoms with Gasteiger partial charge in [0.05, 0.1) is 0 Å². The number of benzene rings is 1. The third-order valence-corrected chi connectivity index (χ3v) is 6.81. The number of amides is 2. The number of hydrogen-bond donors (Lipinski definition) is 2. The van der Waals surface area contributed by atoms with E-state index in [-0.39, 0.29) is 17.2 Å². The van der Waals surface area contributed by atoms with Crippen molar-refractivity contribution < 1.29 is 9.59 Å². The topological polar surface area (TPSA) is 58.2 Å². The fraction of sp³-hybridized carbons (Fsp3) is 0.619. The van der Waals surface area contributed by atoms with Crippen molar-refractivity contribution in [2.45, 2.75) is 51.5 Å². The molecule has 0 heterocycles. The number of nitrogens with one attached hydrogen (secondary N) is 2. The predicted molar refractivity (Wildman–Crippen MR) is 102 cm³/mol. The highest BCUT2D eigenvalue weighted by Gasteiger charge is 2.54. The van der Waals surface area contributed by atoms with Gasteiger partial charge in [-0.25, -0.2) is 0 Å². The first-order chi connectivity index (χ1) is 12.5. The second kappa shape index (κ2) is 7.22. The lowest BCUT2D eigenvalue weighted by molar-refractivity contribution is -0.146. The second-order valence-corrected chi connectivity index (χ2v) is 9.04. The van der Waals surface area contributed by atoms with Crippen molar-refractivity contribution >= 4 is 23.4 Å². The molecule has 4 aliphatic rings.